The Morgan fingerprint density at radius 3 is 1.61 bits per heavy atom. The molecule has 12 nitrogen and oxygen atoms in total. The summed E-state index contributed by atoms with van der Waals surface area (Å²) in [5.74, 6) is 3.35. The SMILES string of the molecule is Cc1[nH]cnc1CSCCN(CCCN(CCSCc1nc[nH]c1C)C(N)=NO)C(N)=NO. The van der Waals surface area contributed by atoms with Crippen LogP contribution in [0, 0.1) is 13.8 Å². The van der Waals surface area contributed by atoms with Crippen molar-refractivity contribution >= 4 is 35.4 Å². The average Bonchev–Trinajstić information content (AvgIpc) is 3.42. The predicted octanol–water partition coefficient (Wildman–Crippen LogP) is 1.32. The number of aromatic nitrogens is 4. The minimum atomic E-state index is 0.0758. The fourth-order valence-electron chi connectivity index (χ4n) is 3.01. The van der Waals surface area contributed by atoms with Crippen LogP contribution in [0.25, 0.3) is 0 Å². The van der Waals surface area contributed by atoms with Crippen LogP contribution in [0.5, 0.6) is 0 Å². The van der Waals surface area contributed by atoms with Gasteiger partial charge in [0.2, 0.25) is 11.9 Å². The smallest absolute Gasteiger partial charge is 0.233 e. The van der Waals surface area contributed by atoms with E-state index in [0.717, 1.165) is 45.8 Å². The van der Waals surface area contributed by atoms with E-state index < -0.39 is 0 Å². The second-order valence-electron chi connectivity index (χ2n) is 7.30. The number of nitrogens with two attached hydrogens (primary N) is 2. The largest absolute Gasteiger partial charge is 0.408 e. The summed E-state index contributed by atoms with van der Waals surface area (Å²) in [5, 5.41) is 24.6. The summed E-state index contributed by atoms with van der Waals surface area (Å²) in [6.45, 7) is 6.41. The summed E-state index contributed by atoms with van der Waals surface area (Å²) in [6, 6.07) is 0. The summed E-state index contributed by atoms with van der Waals surface area (Å²) in [4.78, 5) is 18.4. The van der Waals surface area contributed by atoms with Crippen molar-refractivity contribution in [1.29, 1.82) is 0 Å². The van der Waals surface area contributed by atoms with Gasteiger partial charge in [-0.15, -0.1) is 0 Å². The van der Waals surface area contributed by atoms with Crippen molar-refractivity contribution in [3.8, 4) is 0 Å². The molecule has 0 aliphatic heterocycles. The molecule has 0 atom stereocenters. The molecule has 0 saturated carbocycles. The second kappa shape index (κ2) is 14.4. The lowest BCUT2D eigenvalue weighted by Crippen LogP contribution is -2.43. The van der Waals surface area contributed by atoms with E-state index in [1.807, 2.05) is 23.6 Å². The third-order valence-corrected chi connectivity index (χ3v) is 6.96. The number of nitrogens with one attached hydrogen (secondary N) is 2. The highest BCUT2D eigenvalue weighted by molar-refractivity contribution is 7.98. The van der Waals surface area contributed by atoms with Crippen molar-refractivity contribution in [2.24, 2.45) is 21.8 Å². The highest BCUT2D eigenvalue weighted by Gasteiger charge is 2.13. The van der Waals surface area contributed by atoms with Gasteiger partial charge in [-0.05, 0) is 20.3 Å². The number of oxime groups is 2. The Morgan fingerprint density at radius 2 is 1.27 bits per heavy atom. The van der Waals surface area contributed by atoms with Gasteiger partial charge in [0.05, 0.1) is 24.0 Å². The molecule has 2 aromatic rings. The van der Waals surface area contributed by atoms with E-state index in [2.05, 4.69) is 30.2 Å². The van der Waals surface area contributed by atoms with E-state index >= 15 is 0 Å². The van der Waals surface area contributed by atoms with Crippen LogP contribution in [0.4, 0.5) is 0 Å². The first-order valence-corrected chi connectivity index (χ1v) is 12.8. The number of aryl methyl sites for hydroxylation is 2. The summed E-state index contributed by atoms with van der Waals surface area (Å²) in [6.07, 6.45) is 4.08. The van der Waals surface area contributed by atoms with Crippen LogP contribution in [0.1, 0.15) is 29.2 Å². The van der Waals surface area contributed by atoms with Crippen molar-refractivity contribution < 1.29 is 10.4 Å². The monoisotopic (exact) mass is 498 g/mol. The first-order chi connectivity index (χ1) is 16.0. The van der Waals surface area contributed by atoms with Crippen molar-refractivity contribution in [2.75, 3.05) is 37.7 Å². The first kappa shape index (κ1) is 26.5. The van der Waals surface area contributed by atoms with Gasteiger partial charge < -0.3 is 41.6 Å². The van der Waals surface area contributed by atoms with E-state index in [-0.39, 0.29) is 11.9 Å². The molecule has 2 heterocycles. The van der Waals surface area contributed by atoms with Crippen LogP contribution in [0.15, 0.2) is 23.0 Å². The molecule has 0 saturated heterocycles. The van der Waals surface area contributed by atoms with Gasteiger partial charge in [0, 0.05) is 60.6 Å². The predicted molar refractivity (Wildman–Crippen MR) is 134 cm³/mol. The molecule has 0 unspecified atom stereocenters. The number of thioether (sulfide) groups is 2. The Balaban J connectivity index is 1.75. The third-order valence-electron chi connectivity index (χ3n) is 5.07. The van der Waals surface area contributed by atoms with Gasteiger partial charge in [-0.3, -0.25) is 0 Å². The molecule has 14 heteroatoms. The standard InChI is InChI=1S/C19H34N10O2S2/c1-14-16(24-12-22-14)10-32-8-6-28(18(20)26-30)4-3-5-29(19(21)27-31)7-9-33-11-17-15(2)23-13-25-17/h12-13,30-31H,3-11H2,1-2H3,(H2,20,26)(H2,21,27)(H,22,24)(H,23,25). The number of H-pyrrole nitrogens is 2. The number of hydrogen-bond donors (Lipinski definition) is 6. The summed E-state index contributed by atoms with van der Waals surface area (Å²) in [5.41, 5.74) is 15.9. The van der Waals surface area contributed by atoms with Gasteiger partial charge in [-0.25, -0.2) is 9.97 Å². The molecule has 0 aliphatic carbocycles. The number of hydrogen-bond acceptors (Lipinski definition) is 8. The van der Waals surface area contributed by atoms with Crippen molar-refractivity contribution in [3.63, 3.8) is 0 Å². The maximum atomic E-state index is 9.13. The van der Waals surface area contributed by atoms with Crippen molar-refractivity contribution in [2.45, 2.75) is 31.8 Å². The summed E-state index contributed by atoms with van der Waals surface area (Å²) in [7, 11) is 0. The van der Waals surface area contributed by atoms with E-state index in [4.69, 9.17) is 21.9 Å². The third kappa shape index (κ3) is 8.96. The molecular formula is C19H34N10O2S2. The molecule has 8 N–H and O–H groups in total. The topological polar surface area (TPSA) is 181 Å². The Kier molecular flexibility index (Phi) is 11.6. The van der Waals surface area contributed by atoms with Gasteiger partial charge in [-0.1, -0.05) is 10.3 Å². The molecular weight excluding hydrogens is 464 g/mol. The fourth-order valence-corrected chi connectivity index (χ4v) is 4.97. The minimum Gasteiger partial charge on any atom is -0.408 e. The van der Waals surface area contributed by atoms with Gasteiger partial charge >= 0.3 is 0 Å². The zero-order valence-corrected chi connectivity index (χ0v) is 20.7. The fraction of sp³-hybridized carbons (Fsp3) is 0.579. The lowest BCUT2D eigenvalue weighted by molar-refractivity contribution is 0.288. The average molecular weight is 499 g/mol. The first-order valence-electron chi connectivity index (χ1n) is 10.5. The number of aromatic amines is 2. The van der Waals surface area contributed by atoms with Gasteiger partial charge in [-0.2, -0.15) is 23.5 Å². The molecule has 0 amide bonds. The van der Waals surface area contributed by atoms with Gasteiger partial charge in [0.15, 0.2) is 0 Å². The zero-order chi connectivity index (χ0) is 24.1. The Labute approximate surface area is 202 Å². The van der Waals surface area contributed by atoms with Crippen LogP contribution < -0.4 is 11.5 Å². The van der Waals surface area contributed by atoms with Crippen LogP contribution in [0.2, 0.25) is 0 Å². The van der Waals surface area contributed by atoms with Crippen molar-refractivity contribution in [3.05, 3.63) is 35.4 Å². The van der Waals surface area contributed by atoms with E-state index in [1.165, 1.54) is 0 Å². The molecule has 0 aromatic carbocycles. The maximum absolute atomic E-state index is 9.13. The van der Waals surface area contributed by atoms with Gasteiger partial charge in [0.1, 0.15) is 0 Å². The summed E-state index contributed by atoms with van der Waals surface area (Å²) >= 11 is 3.47. The molecule has 0 bridgehead atoms. The van der Waals surface area contributed by atoms with Crippen LogP contribution in [-0.4, -0.2) is 89.8 Å². The summed E-state index contributed by atoms with van der Waals surface area (Å²) < 4.78 is 0. The van der Waals surface area contributed by atoms with E-state index in [9.17, 15) is 0 Å². The molecule has 0 radical (unpaired) electrons. The van der Waals surface area contributed by atoms with E-state index in [0.29, 0.717) is 32.6 Å². The highest BCUT2D eigenvalue weighted by Crippen LogP contribution is 2.14. The van der Waals surface area contributed by atoms with Gasteiger partial charge in [0.25, 0.3) is 0 Å². The van der Waals surface area contributed by atoms with Crippen molar-refractivity contribution in [1.82, 2.24) is 29.7 Å². The van der Waals surface area contributed by atoms with Crippen LogP contribution in [0.3, 0.4) is 0 Å². The van der Waals surface area contributed by atoms with E-state index in [1.54, 1.807) is 36.2 Å². The Hall–Kier alpha value is -2.74. The quantitative estimate of drug-likeness (QED) is 0.0730. The maximum Gasteiger partial charge on any atom is 0.233 e. The minimum absolute atomic E-state index is 0.0758. The zero-order valence-electron chi connectivity index (χ0n) is 19.1. The Bertz CT molecular complexity index is 815. The Morgan fingerprint density at radius 1 is 0.848 bits per heavy atom. The number of rotatable bonds is 14. The molecule has 0 fully saturated rings. The molecule has 33 heavy (non-hydrogen) atoms. The number of imidazole rings is 2. The highest BCUT2D eigenvalue weighted by atomic mass is 32.2. The second-order valence-corrected chi connectivity index (χ2v) is 9.51. The number of nitrogens with zero attached hydrogens (tertiary/aromatic N) is 6. The van der Waals surface area contributed by atoms with Crippen LogP contribution >= 0.6 is 23.5 Å². The lowest BCUT2D eigenvalue weighted by atomic mass is 10.3. The molecule has 0 aliphatic rings. The normalized spacial score (nSPS) is 12.3. The molecule has 2 aromatic heterocycles. The number of guanidine groups is 2. The molecule has 0 spiro atoms. The molecule has 184 valence electrons. The van der Waals surface area contributed by atoms with Crippen LogP contribution in [-0.2, 0) is 11.5 Å². The molecule has 2 rings (SSSR count). The lowest BCUT2D eigenvalue weighted by Gasteiger charge is -2.26.